The highest BCUT2D eigenvalue weighted by molar-refractivity contribution is 4.52. The molecule has 0 bridgehead atoms. The first-order valence-electron chi connectivity index (χ1n) is 7.14. The third-order valence-corrected chi connectivity index (χ3v) is 3.29. The monoisotopic (exact) mass is 214 g/mol. The van der Waals surface area contributed by atoms with Crippen molar-refractivity contribution in [3.05, 3.63) is 0 Å². The summed E-state index contributed by atoms with van der Waals surface area (Å²) in [5.41, 5.74) is 4.12. The van der Waals surface area contributed by atoms with Gasteiger partial charge in [0, 0.05) is 0 Å². The zero-order valence-electron chi connectivity index (χ0n) is 11.1. The second kappa shape index (κ2) is 12.0. The Morgan fingerprint density at radius 2 is 1.20 bits per heavy atom. The number of hydrogen-bond donors (Lipinski definition) is 1. The maximum absolute atomic E-state index is 4.12. The molecule has 1 unspecified atom stereocenters. The zero-order chi connectivity index (χ0) is 11.4. The van der Waals surface area contributed by atoms with Crippen molar-refractivity contribution in [2.75, 3.05) is 0 Å². The van der Waals surface area contributed by atoms with Crippen LogP contribution in [-0.2, 0) is 0 Å². The molecule has 0 saturated heterocycles. The molecule has 92 valence electrons. The van der Waals surface area contributed by atoms with E-state index in [9.17, 15) is 0 Å². The van der Waals surface area contributed by atoms with Crippen molar-refractivity contribution in [1.29, 1.82) is 0 Å². The molecule has 0 saturated carbocycles. The summed E-state index contributed by atoms with van der Waals surface area (Å²) < 4.78 is 0. The zero-order valence-corrected chi connectivity index (χ0v) is 11.1. The van der Waals surface area contributed by atoms with Gasteiger partial charge in [-0.05, 0) is 19.3 Å². The van der Waals surface area contributed by atoms with E-state index < -0.39 is 0 Å². The molecular weight excluding hydrogens is 182 g/mol. The number of hydrogen-bond acceptors (Lipinski definition) is 0. The van der Waals surface area contributed by atoms with Gasteiger partial charge < -0.3 is 5.73 Å². The summed E-state index contributed by atoms with van der Waals surface area (Å²) in [6.45, 7) is 4.52. The van der Waals surface area contributed by atoms with Crippen molar-refractivity contribution in [3.63, 3.8) is 0 Å². The molecule has 0 heterocycles. The lowest BCUT2D eigenvalue weighted by atomic mass is 10.0. The van der Waals surface area contributed by atoms with Gasteiger partial charge in [0.15, 0.2) is 0 Å². The largest absolute Gasteiger partial charge is 0.355 e. The van der Waals surface area contributed by atoms with Crippen LogP contribution in [0.4, 0.5) is 0 Å². The van der Waals surface area contributed by atoms with E-state index in [1.807, 2.05) is 0 Å². The van der Waals surface area contributed by atoms with E-state index in [1.54, 1.807) is 0 Å². The van der Waals surface area contributed by atoms with Gasteiger partial charge in [-0.15, -0.1) is 0 Å². The predicted octanol–water partition coefficient (Wildman–Crippen LogP) is 3.93. The highest BCUT2D eigenvalue weighted by Gasteiger charge is 2.01. The molecular formula is C14H32N+. The lowest BCUT2D eigenvalue weighted by Gasteiger charge is -2.05. The molecule has 0 aliphatic rings. The standard InChI is InChI=1S/C14H31N/c1-3-5-6-7-8-9-10-11-12-13-14(15)4-2/h14H,3-13,15H2,1-2H3/p+1. The molecule has 0 spiro atoms. The van der Waals surface area contributed by atoms with Crippen LogP contribution < -0.4 is 5.73 Å². The molecule has 0 aliphatic heterocycles. The Bertz CT molecular complexity index is 112. The van der Waals surface area contributed by atoms with E-state index >= 15 is 0 Å². The van der Waals surface area contributed by atoms with Crippen LogP contribution in [-0.4, -0.2) is 6.04 Å². The highest BCUT2D eigenvalue weighted by Crippen LogP contribution is 2.11. The molecule has 1 heteroatoms. The Morgan fingerprint density at radius 1 is 0.733 bits per heavy atom. The maximum atomic E-state index is 4.12. The average molecular weight is 214 g/mol. The van der Waals surface area contributed by atoms with Crippen LogP contribution in [0.1, 0.15) is 84.5 Å². The van der Waals surface area contributed by atoms with Crippen molar-refractivity contribution in [3.8, 4) is 0 Å². The van der Waals surface area contributed by atoms with E-state index in [0.29, 0.717) is 6.04 Å². The first-order valence-corrected chi connectivity index (χ1v) is 7.14. The molecule has 0 rings (SSSR count). The van der Waals surface area contributed by atoms with Crippen molar-refractivity contribution in [2.24, 2.45) is 0 Å². The van der Waals surface area contributed by atoms with Crippen molar-refractivity contribution in [1.82, 2.24) is 0 Å². The SMILES string of the molecule is CCCCCCCCCCCC([NH3+])CC. The molecule has 0 aromatic heterocycles. The van der Waals surface area contributed by atoms with E-state index in [4.69, 9.17) is 0 Å². The smallest absolute Gasteiger partial charge is 0.0840 e. The summed E-state index contributed by atoms with van der Waals surface area (Å²) in [4.78, 5) is 0. The van der Waals surface area contributed by atoms with Crippen LogP contribution in [0.2, 0.25) is 0 Å². The molecule has 0 aliphatic carbocycles. The van der Waals surface area contributed by atoms with Crippen LogP contribution in [0.25, 0.3) is 0 Å². The molecule has 0 amide bonds. The minimum atomic E-state index is 0.703. The van der Waals surface area contributed by atoms with Crippen molar-refractivity contribution >= 4 is 0 Å². The summed E-state index contributed by atoms with van der Waals surface area (Å²) in [6.07, 6.45) is 15.5. The Hall–Kier alpha value is -0.0400. The Balaban J connectivity index is 2.92. The summed E-state index contributed by atoms with van der Waals surface area (Å²) >= 11 is 0. The molecule has 3 N–H and O–H groups in total. The fourth-order valence-electron chi connectivity index (χ4n) is 1.95. The predicted molar refractivity (Wildman–Crippen MR) is 68.8 cm³/mol. The fraction of sp³-hybridized carbons (Fsp3) is 1.00. The first kappa shape index (κ1) is 15.0. The molecule has 0 radical (unpaired) electrons. The summed E-state index contributed by atoms with van der Waals surface area (Å²) in [5, 5.41) is 0. The van der Waals surface area contributed by atoms with E-state index in [1.165, 1.54) is 70.6 Å². The van der Waals surface area contributed by atoms with Crippen LogP contribution in [0.15, 0.2) is 0 Å². The normalized spacial score (nSPS) is 13.0. The average Bonchev–Trinajstić information content (AvgIpc) is 2.26. The number of quaternary nitrogens is 1. The molecule has 1 nitrogen and oxygen atoms in total. The van der Waals surface area contributed by atoms with Crippen LogP contribution >= 0.6 is 0 Å². The van der Waals surface area contributed by atoms with Gasteiger partial charge in [-0.2, -0.15) is 0 Å². The molecule has 0 aromatic carbocycles. The second-order valence-corrected chi connectivity index (χ2v) is 4.89. The van der Waals surface area contributed by atoms with Crippen molar-refractivity contribution < 1.29 is 5.73 Å². The lowest BCUT2D eigenvalue weighted by Crippen LogP contribution is -2.60. The van der Waals surface area contributed by atoms with Gasteiger partial charge in [0.2, 0.25) is 0 Å². The molecule has 1 atom stereocenters. The minimum absolute atomic E-state index is 0.703. The Morgan fingerprint density at radius 3 is 1.67 bits per heavy atom. The van der Waals surface area contributed by atoms with Gasteiger partial charge in [-0.1, -0.05) is 65.2 Å². The van der Waals surface area contributed by atoms with Crippen LogP contribution in [0.5, 0.6) is 0 Å². The fourth-order valence-corrected chi connectivity index (χ4v) is 1.95. The first-order chi connectivity index (χ1) is 7.31. The van der Waals surface area contributed by atoms with Gasteiger partial charge in [-0.25, -0.2) is 0 Å². The van der Waals surface area contributed by atoms with Crippen LogP contribution in [0.3, 0.4) is 0 Å². The van der Waals surface area contributed by atoms with Gasteiger partial charge in [0.1, 0.15) is 0 Å². The third-order valence-electron chi connectivity index (χ3n) is 3.29. The molecule has 0 fully saturated rings. The summed E-state index contributed by atoms with van der Waals surface area (Å²) in [5.74, 6) is 0. The van der Waals surface area contributed by atoms with Gasteiger partial charge in [-0.3, -0.25) is 0 Å². The second-order valence-electron chi connectivity index (χ2n) is 4.89. The van der Waals surface area contributed by atoms with Gasteiger partial charge in [0.05, 0.1) is 6.04 Å². The van der Waals surface area contributed by atoms with Gasteiger partial charge >= 0.3 is 0 Å². The van der Waals surface area contributed by atoms with Crippen LogP contribution in [0, 0.1) is 0 Å². The Labute approximate surface area is 96.8 Å². The number of rotatable bonds is 11. The Kier molecular flexibility index (Phi) is 12.0. The van der Waals surface area contributed by atoms with Gasteiger partial charge in [0.25, 0.3) is 0 Å². The van der Waals surface area contributed by atoms with E-state index in [-0.39, 0.29) is 0 Å². The summed E-state index contributed by atoms with van der Waals surface area (Å²) in [7, 11) is 0. The molecule has 15 heavy (non-hydrogen) atoms. The molecule has 0 aromatic rings. The van der Waals surface area contributed by atoms with E-state index in [0.717, 1.165) is 0 Å². The third kappa shape index (κ3) is 11.9. The summed E-state index contributed by atoms with van der Waals surface area (Å²) in [6, 6.07) is 0.703. The van der Waals surface area contributed by atoms with E-state index in [2.05, 4.69) is 19.6 Å². The number of unbranched alkanes of at least 4 members (excludes halogenated alkanes) is 8. The van der Waals surface area contributed by atoms with Crippen molar-refractivity contribution in [2.45, 2.75) is 90.5 Å². The quantitative estimate of drug-likeness (QED) is 0.505. The maximum Gasteiger partial charge on any atom is 0.0840 e. The topological polar surface area (TPSA) is 27.6 Å². The minimum Gasteiger partial charge on any atom is -0.355 e. The lowest BCUT2D eigenvalue weighted by molar-refractivity contribution is -0.421. The highest BCUT2D eigenvalue weighted by atomic mass is 14.6.